The van der Waals surface area contributed by atoms with Crippen LogP contribution in [-0.4, -0.2) is 25.5 Å². The summed E-state index contributed by atoms with van der Waals surface area (Å²) < 4.78 is 5.61. The molecule has 0 aromatic heterocycles. The molecule has 4 nitrogen and oxygen atoms in total. The second-order valence-corrected chi connectivity index (χ2v) is 3.89. The van der Waals surface area contributed by atoms with E-state index in [0.29, 0.717) is 5.56 Å². The van der Waals surface area contributed by atoms with Gasteiger partial charge in [0, 0.05) is 10.6 Å². The maximum absolute atomic E-state index is 11.5. The van der Waals surface area contributed by atoms with Crippen LogP contribution in [0.25, 0.3) is 0 Å². The van der Waals surface area contributed by atoms with Gasteiger partial charge in [0.05, 0.1) is 5.56 Å². The van der Waals surface area contributed by atoms with E-state index < -0.39 is 5.97 Å². The lowest BCUT2D eigenvalue weighted by Crippen LogP contribution is -2.25. The average Bonchev–Trinajstić information content (AvgIpc) is 2.26. The zero-order chi connectivity index (χ0) is 11.3. The highest BCUT2D eigenvalue weighted by Gasteiger charge is 2.11. The number of rotatable bonds is 3. The Morgan fingerprint density at radius 2 is 2.07 bits per heavy atom. The largest absolute Gasteiger partial charge is 0.452 e. The predicted molar refractivity (Wildman–Crippen MR) is 63.5 cm³/mol. The van der Waals surface area contributed by atoms with Gasteiger partial charge in [0.2, 0.25) is 0 Å². The average molecular weight is 319 g/mol. The summed E-state index contributed by atoms with van der Waals surface area (Å²) in [7, 11) is 1.49. The molecule has 1 amide bonds. The fourth-order valence-corrected chi connectivity index (χ4v) is 1.52. The topological polar surface area (TPSA) is 55.4 Å². The van der Waals surface area contributed by atoms with Crippen LogP contribution < -0.4 is 5.32 Å². The third-order valence-electron chi connectivity index (χ3n) is 1.71. The molecule has 1 aromatic rings. The summed E-state index contributed by atoms with van der Waals surface area (Å²) in [4.78, 5) is 22.3. The van der Waals surface area contributed by atoms with Crippen molar-refractivity contribution >= 4 is 34.5 Å². The molecule has 0 atom stereocenters. The first-order valence-electron chi connectivity index (χ1n) is 4.27. The minimum atomic E-state index is -0.483. The number of hydrogen-bond acceptors (Lipinski definition) is 3. The van der Waals surface area contributed by atoms with Crippen molar-refractivity contribution in [2.24, 2.45) is 0 Å². The van der Waals surface area contributed by atoms with Gasteiger partial charge in [-0.1, -0.05) is 12.1 Å². The molecular formula is C10H10INO3. The molecule has 1 rings (SSSR count). The maximum atomic E-state index is 11.5. The molecule has 0 unspecified atom stereocenters. The van der Waals surface area contributed by atoms with Gasteiger partial charge in [-0.05, 0) is 34.7 Å². The van der Waals surface area contributed by atoms with Crippen molar-refractivity contribution in [3.8, 4) is 0 Å². The fraction of sp³-hybridized carbons (Fsp3) is 0.200. The van der Waals surface area contributed by atoms with Crippen molar-refractivity contribution in [2.75, 3.05) is 13.7 Å². The van der Waals surface area contributed by atoms with Crippen molar-refractivity contribution in [1.29, 1.82) is 0 Å². The number of nitrogens with one attached hydrogen (secondary N) is 1. The van der Waals surface area contributed by atoms with Crippen LogP contribution in [0.2, 0.25) is 0 Å². The van der Waals surface area contributed by atoms with Gasteiger partial charge in [-0.2, -0.15) is 0 Å². The van der Waals surface area contributed by atoms with Crippen molar-refractivity contribution in [1.82, 2.24) is 5.32 Å². The standard InChI is InChI=1S/C10H10INO3/c1-12-9(13)6-15-10(14)7-4-2-3-5-8(7)11/h2-5H,6H2,1H3,(H,12,13). The van der Waals surface area contributed by atoms with E-state index in [1.807, 2.05) is 28.7 Å². The Morgan fingerprint density at radius 3 is 2.67 bits per heavy atom. The Hall–Kier alpha value is -1.11. The maximum Gasteiger partial charge on any atom is 0.339 e. The molecule has 0 aliphatic carbocycles. The Balaban J connectivity index is 2.62. The van der Waals surface area contributed by atoms with E-state index in [2.05, 4.69) is 5.32 Å². The number of carbonyl (C=O) groups is 2. The molecule has 1 N–H and O–H groups in total. The second kappa shape index (κ2) is 5.69. The van der Waals surface area contributed by atoms with E-state index in [1.165, 1.54) is 7.05 Å². The molecule has 0 aliphatic heterocycles. The summed E-state index contributed by atoms with van der Waals surface area (Å²) in [5.41, 5.74) is 0.474. The van der Waals surface area contributed by atoms with Crippen LogP contribution in [0.5, 0.6) is 0 Å². The second-order valence-electron chi connectivity index (χ2n) is 2.73. The van der Waals surface area contributed by atoms with Gasteiger partial charge in [-0.3, -0.25) is 4.79 Å². The van der Waals surface area contributed by atoms with Gasteiger partial charge in [-0.25, -0.2) is 4.79 Å². The van der Waals surface area contributed by atoms with E-state index in [1.54, 1.807) is 18.2 Å². The van der Waals surface area contributed by atoms with Crippen molar-refractivity contribution in [3.05, 3.63) is 33.4 Å². The zero-order valence-electron chi connectivity index (χ0n) is 8.12. The molecule has 15 heavy (non-hydrogen) atoms. The molecule has 0 saturated heterocycles. The monoisotopic (exact) mass is 319 g/mol. The number of ether oxygens (including phenoxy) is 1. The fourth-order valence-electron chi connectivity index (χ4n) is 0.908. The lowest BCUT2D eigenvalue weighted by atomic mass is 10.2. The lowest BCUT2D eigenvalue weighted by molar-refractivity contribution is -0.123. The van der Waals surface area contributed by atoms with Gasteiger partial charge in [-0.15, -0.1) is 0 Å². The Bertz CT molecular complexity index is 379. The van der Waals surface area contributed by atoms with Crippen molar-refractivity contribution in [2.45, 2.75) is 0 Å². The minimum Gasteiger partial charge on any atom is -0.452 e. The van der Waals surface area contributed by atoms with E-state index in [4.69, 9.17) is 4.74 Å². The molecule has 0 heterocycles. The summed E-state index contributed by atoms with van der Waals surface area (Å²) in [5, 5.41) is 2.37. The molecular weight excluding hydrogens is 309 g/mol. The predicted octanol–water partition coefficient (Wildman–Crippen LogP) is 1.19. The van der Waals surface area contributed by atoms with E-state index in [0.717, 1.165) is 3.57 Å². The highest BCUT2D eigenvalue weighted by molar-refractivity contribution is 14.1. The normalized spacial score (nSPS) is 9.47. The van der Waals surface area contributed by atoms with Crippen LogP contribution in [0.3, 0.4) is 0 Å². The number of carbonyl (C=O) groups excluding carboxylic acids is 2. The molecule has 0 fully saturated rings. The Morgan fingerprint density at radius 1 is 1.40 bits per heavy atom. The molecule has 80 valence electrons. The van der Waals surface area contributed by atoms with E-state index in [9.17, 15) is 9.59 Å². The Labute approximate surface area is 101 Å². The summed E-state index contributed by atoms with van der Waals surface area (Å²) >= 11 is 2.04. The molecule has 1 aromatic carbocycles. The molecule has 0 saturated carbocycles. The molecule has 0 bridgehead atoms. The number of likely N-dealkylation sites (N-methyl/N-ethyl adjacent to an activating group) is 1. The van der Waals surface area contributed by atoms with Crippen LogP contribution in [-0.2, 0) is 9.53 Å². The first-order valence-corrected chi connectivity index (χ1v) is 5.35. The number of amides is 1. The quantitative estimate of drug-likeness (QED) is 0.673. The van der Waals surface area contributed by atoms with Crippen LogP contribution in [0, 0.1) is 3.57 Å². The lowest BCUT2D eigenvalue weighted by Gasteiger charge is -2.04. The van der Waals surface area contributed by atoms with Crippen LogP contribution in [0.15, 0.2) is 24.3 Å². The number of hydrogen-bond donors (Lipinski definition) is 1. The van der Waals surface area contributed by atoms with Crippen LogP contribution in [0.1, 0.15) is 10.4 Å². The molecule has 0 aliphatic rings. The first kappa shape index (κ1) is 12.0. The summed E-state index contributed by atoms with van der Waals surface area (Å²) in [5.74, 6) is -0.808. The Kier molecular flexibility index (Phi) is 4.54. The van der Waals surface area contributed by atoms with Crippen LogP contribution in [0.4, 0.5) is 0 Å². The summed E-state index contributed by atoms with van der Waals surface area (Å²) in [6.45, 7) is -0.250. The number of benzene rings is 1. The van der Waals surface area contributed by atoms with Gasteiger partial charge >= 0.3 is 5.97 Å². The van der Waals surface area contributed by atoms with Crippen LogP contribution >= 0.6 is 22.6 Å². The van der Waals surface area contributed by atoms with Crippen molar-refractivity contribution in [3.63, 3.8) is 0 Å². The summed E-state index contributed by atoms with van der Waals surface area (Å²) in [6.07, 6.45) is 0. The summed E-state index contributed by atoms with van der Waals surface area (Å²) in [6, 6.07) is 7.04. The third kappa shape index (κ3) is 3.50. The first-order chi connectivity index (χ1) is 7.15. The van der Waals surface area contributed by atoms with Gasteiger partial charge < -0.3 is 10.1 Å². The third-order valence-corrected chi connectivity index (χ3v) is 2.65. The zero-order valence-corrected chi connectivity index (χ0v) is 10.3. The highest BCUT2D eigenvalue weighted by Crippen LogP contribution is 2.12. The minimum absolute atomic E-state index is 0.250. The smallest absolute Gasteiger partial charge is 0.339 e. The number of esters is 1. The van der Waals surface area contributed by atoms with Crippen molar-refractivity contribution < 1.29 is 14.3 Å². The van der Waals surface area contributed by atoms with Gasteiger partial charge in [0.15, 0.2) is 6.61 Å². The van der Waals surface area contributed by atoms with Gasteiger partial charge in [0.25, 0.3) is 5.91 Å². The van der Waals surface area contributed by atoms with E-state index in [-0.39, 0.29) is 12.5 Å². The number of halogens is 1. The van der Waals surface area contributed by atoms with E-state index >= 15 is 0 Å². The molecule has 0 spiro atoms. The van der Waals surface area contributed by atoms with Gasteiger partial charge in [0.1, 0.15) is 0 Å². The molecule has 5 heteroatoms. The highest BCUT2D eigenvalue weighted by atomic mass is 127. The SMILES string of the molecule is CNC(=O)COC(=O)c1ccccc1I. The molecule has 0 radical (unpaired) electrons.